The van der Waals surface area contributed by atoms with Gasteiger partial charge in [0.2, 0.25) is 0 Å². The Kier molecular flexibility index (Phi) is 21.6. The van der Waals surface area contributed by atoms with E-state index in [-0.39, 0.29) is 5.54 Å². The molecule has 0 fully saturated rings. The number of unbranched alkanes of at least 4 members (excludes halogenated alkanes) is 16. The van der Waals surface area contributed by atoms with Crippen LogP contribution in [-0.2, 0) is 0 Å². The van der Waals surface area contributed by atoms with Gasteiger partial charge in [0.15, 0.2) is 0 Å². The van der Waals surface area contributed by atoms with Gasteiger partial charge in [-0.1, -0.05) is 143 Å². The summed E-state index contributed by atoms with van der Waals surface area (Å²) in [6.45, 7) is 6.85. The number of hydrogen-bond donors (Lipinski definition) is 1. The van der Waals surface area contributed by atoms with E-state index >= 15 is 0 Å². The molecule has 0 spiro atoms. The largest absolute Gasteiger partial charge is 0.242 e. The molecule has 0 radical (unpaired) electrons. The summed E-state index contributed by atoms with van der Waals surface area (Å²) in [6.07, 6.45) is 29.1. The monoisotopic (exact) mass is 406 g/mol. The molecule has 0 aromatic rings. The van der Waals surface area contributed by atoms with Crippen molar-refractivity contribution in [2.24, 2.45) is 4.99 Å². The number of nitrogens with one attached hydrogen (secondary N) is 1. The minimum absolute atomic E-state index is 0.0146. The van der Waals surface area contributed by atoms with Gasteiger partial charge in [0, 0.05) is 0 Å². The van der Waals surface area contributed by atoms with Crippen LogP contribution in [-0.4, -0.2) is 11.5 Å². The zero-order chi connectivity index (χ0) is 21.5. The van der Waals surface area contributed by atoms with Gasteiger partial charge >= 0.3 is 0 Å². The Bertz CT molecular complexity index is 355. The molecule has 29 heavy (non-hydrogen) atoms. The summed E-state index contributed by atoms with van der Waals surface area (Å²) >= 11 is 0. The Morgan fingerprint density at radius 2 is 0.759 bits per heavy atom. The SMILES string of the molecule is CCCCCCCCCC(CCCCCCCC)(CCCCCCCC)N=C=N. The van der Waals surface area contributed by atoms with Gasteiger partial charge < -0.3 is 0 Å². The van der Waals surface area contributed by atoms with Crippen LogP contribution in [0, 0.1) is 5.41 Å². The molecule has 0 aromatic carbocycles. The van der Waals surface area contributed by atoms with Crippen LogP contribution in [0.2, 0.25) is 0 Å². The molecule has 0 atom stereocenters. The molecule has 2 heteroatoms. The van der Waals surface area contributed by atoms with Gasteiger partial charge in [-0.3, -0.25) is 0 Å². The molecule has 0 saturated heterocycles. The maximum Gasteiger partial charge on any atom is 0.0867 e. The van der Waals surface area contributed by atoms with Gasteiger partial charge in [0.1, 0.15) is 0 Å². The standard InChI is InChI=1S/C27H54N2/c1-4-7-10-13-16-19-22-25-27(29-26-28,23-20-17-14-11-8-5-2)24-21-18-15-12-9-6-3/h28H,4-25H2,1-3H3. The molecule has 0 rings (SSSR count). The highest BCUT2D eigenvalue weighted by Gasteiger charge is 2.27. The van der Waals surface area contributed by atoms with E-state index in [1.54, 1.807) is 0 Å². The molecule has 0 aromatic heterocycles. The molecule has 0 heterocycles. The van der Waals surface area contributed by atoms with Crippen LogP contribution in [0.4, 0.5) is 0 Å². The maximum atomic E-state index is 7.58. The van der Waals surface area contributed by atoms with E-state index < -0.39 is 0 Å². The molecule has 172 valence electrons. The third-order valence-electron chi connectivity index (χ3n) is 6.53. The normalized spacial score (nSPS) is 11.6. The van der Waals surface area contributed by atoms with Crippen molar-refractivity contribution in [3.05, 3.63) is 0 Å². The highest BCUT2D eigenvalue weighted by molar-refractivity contribution is 5.37. The first-order chi connectivity index (χ1) is 14.2. The topological polar surface area (TPSA) is 36.2 Å². The number of hydrogen-bond acceptors (Lipinski definition) is 2. The van der Waals surface area contributed by atoms with E-state index in [9.17, 15) is 0 Å². The summed E-state index contributed by atoms with van der Waals surface area (Å²) in [5.41, 5.74) is 0.0146. The summed E-state index contributed by atoms with van der Waals surface area (Å²) < 4.78 is 0. The van der Waals surface area contributed by atoms with Crippen LogP contribution < -0.4 is 0 Å². The maximum absolute atomic E-state index is 7.58. The first-order valence-electron chi connectivity index (χ1n) is 13.4. The third-order valence-corrected chi connectivity index (χ3v) is 6.53. The average molecular weight is 407 g/mol. The molecule has 0 aliphatic heterocycles. The van der Waals surface area contributed by atoms with Gasteiger partial charge in [-0.25, -0.2) is 10.4 Å². The Balaban J connectivity index is 4.45. The highest BCUT2D eigenvalue weighted by Crippen LogP contribution is 2.32. The van der Waals surface area contributed by atoms with E-state index in [0.29, 0.717) is 0 Å². The van der Waals surface area contributed by atoms with E-state index in [0.717, 1.165) is 0 Å². The molecule has 0 unspecified atom stereocenters. The Hall–Kier alpha value is -0.620. The molecule has 0 saturated carbocycles. The van der Waals surface area contributed by atoms with Gasteiger partial charge in [0.05, 0.1) is 11.5 Å². The highest BCUT2D eigenvalue weighted by atomic mass is 14.9. The molecule has 2 nitrogen and oxygen atoms in total. The first kappa shape index (κ1) is 28.4. The van der Waals surface area contributed by atoms with E-state index in [4.69, 9.17) is 5.41 Å². The van der Waals surface area contributed by atoms with Crippen LogP contribution in [0.15, 0.2) is 4.99 Å². The first-order valence-corrected chi connectivity index (χ1v) is 13.4. The van der Waals surface area contributed by atoms with Crippen molar-refractivity contribution in [3.63, 3.8) is 0 Å². The molecular formula is C27H54N2. The molecule has 0 aliphatic rings. The van der Waals surface area contributed by atoms with Crippen molar-refractivity contribution in [2.75, 3.05) is 0 Å². The predicted octanol–water partition coefficient (Wildman–Crippen LogP) is 10.1. The smallest absolute Gasteiger partial charge is 0.0867 e. The molecule has 0 aliphatic carbocycles. The molecule has 0 amide bonds. The van der Waals surface area contributed by atoms with E-state index in [1.165, 1.54) is 141 Å². The van der Waals surface area contributed by atoms with Crippen LogP contribution in [0.25, 0.3) is 0 Å². The van der Waals surface area contributed by atoms with Crippen molar-refractivity contribution in [1.82, 2.24) is 0 Å². The zero-order valence-corrected chi connectivity index (χ0v) is 20.5. The van der Waals surface area contributed by atoms with Crippen LogP contribution in [0.5, 0.6) is 0 Å². The number of rotatable bonds is 23. The Morgan fingerprint density at radius 1 is 0.483 bits per heavy atom. The lowest BCUT2D eigenvalue weighted by Crippen LogP contribution is -2.26. The summed E-state index contributed by atoms with van der Waals surface area (Å²) in [5, 5.41) is 7.58. The van der Waals surface area contributed by atoms with E-state index in [1.807, 2.05) is 0 Å². The third kappa shape index (κ3) is 17.9. The van der Waals surface area contributed by atoms with Crippen LogP contribution in [0.3, 0.4) is 0 Å². The minimum atomic E-state index is 0.0146. The van der Waals surface area contributed by atoms with Crippen molar-refractivity contribution < 1.29 is 0 Å². The molecule has 0 bridgehead atoms. The summed E-state index contributed by atoms with van der Waals surface area (Å²) in [6, 6.07) is 2.47. The Morgan fingerprint density at radius 3 is 1.03 bits per heavy atom. The molecule has 1 N–H and O–H groups in total. The van der Waals surface area contributed by atoms with Gasteiger partial charge in [-0.15, -0.1) is 0 Å². The lowest BCUT2D eigenvalue weighted by molar-refractivity contribution is 0.306. The van der Waals surface area contributed by atoms with Crippen molar-refractivity contribution in [2.45, 2.75) is 168 Å². The fourth-order valence-corrected chi connectivity index (χ4v) is 4.54. The Labute approximate surface area is 184 Å². The second-order valence-corrected chi connectivity index (χ2v) is 9.35. The lowest BCUT2D eigenvalue weighted by atomic mass is 9.82. The quantitative estimate of drug-likeness (QED) is 0.129. The fraction of sp³-hybridized carbons (Fsp3) is 0.963. The minimum Gasteiger partial charge on any atom is -0.242 e. The van der Waals surface area contributed by atoms with Gasteiger partial charge in [-0.2, -0.15) is 0 Å². The second-order valence-electron chi connectivity index (χ2n) is 9.35. The second kappa shape index (κ2) is 22.1. The zero-order valence-electron chi connectivity index (χ0n) is 20.5. The van der Waals surface area contributed by atoms with Crippen LogP contribution >= 0.6 is 0 Å². The summed E-state index contributed by atoms with van der Waals surface area (Å²) in [5.74, 6) is 0. The van der Waals surface area contributed by atoms with Gasteiger partial charge in [-0.05, 0) is 19.3 Å². The van der Waals surface area contributed by atoms with Crippen molar-refractivity contribution in [3.8, 4) is 0 Å². The van der Waals surface area contributed by atoms with Crippen molar-refractivity contribution in [1.29, 1.82) is 5.41 Å². The van der Waals surface area contributed by atoms with Crippen LogP contribution in [0.1, 0.15) is 162 Å². The average Bonchev–Trinajstić information content (AvgIpc) is 2.72. The number of nitrogens with zero attached hydrogens (tertiary/aromatic N) is 1. The lowest BCUT2D eigenvalue weighted by Gasteiger charge is -2.29. The van der Waals surface area contributed by atoms with Crippen molar-refractivity contribution >= 4 is 6.01 Å². The van der Waals surface area contributed by atoms with Gasteiger partial charge in [0.25, 0.3) is 0 Å². The molecular weight excluding hydrogens is 352 g/mol. The predicted molar refractivity (Wildman–Crippen MR) is 131 cm³/mol. The number of aliphatic imine (C=N–C) groups is 1. The summed E-state index contributed by atoms with van der Waals surface area (Å²) in [4.78, 5) is 4.69. The summed E-state index contributed by atoms with van der Waals surface area (Å²) in [7, 11) is 0. The fourth-order valence-electron chi connectivity index (χ4n) is 4.54. The van der Waals surface area contributed by atoms with E-state index in [2.05, 4.69) is 31.8 Å².